The lowest BCUT2D eigenvalue weighted by Gasteiger charge is -2.19. The van der Waals surface area contributed by atoms with Crippen LogP contribution in [-0.2, 0) is 0 Å². The summed E-state index contributed by atoms with van der Waals surface area (Å²) in [6.07, 6.45) is 0. The van der Waals surface area contributed by atoms with Gasteiger partial charge < -0.3 is 11.1 Å². The topological polar surface area (TPSA) is 38.0 Å². The van der Waals surface area contributed by atoms with Gasteiger partial charge in [0, 0.05) is 16.7 Å². The second-order valence-corrected chi connectivity index (χ2v) is 5.04. The van der Waals surface area contributed by atoms with E-state index in [1.165, 1.54) is 0 Å². The third-order valence-electron chi connectivity index (χ3n) is 2.66. The fourth-order valence-corrected chi connectivity index (χ4v) is 1.67. The molecule has 1 unspecified atom stereocenters. The highest BCUT2D eigenvalue weighted by Gasteiger charge is 2.10. The summed E-state index contributed by atoms with van der Waals surface area (Å²) < 4.78 is 1.10. The summed E-state index contributed by atoms with van der Waals surface area (Å²) >= 11 is 3.41. The molecule has 0 fully saturated rings. The summed E-state index contributed by atoms with van der Waals surface area (Å²) in [5, 5.41) is 3.40. The van der Waals surface area contributed by atoms with Crippen molar-refractivity contribution in [3.8, 4) is 0 Å². The molecule has 15 heavy (non-hydrogen) atoms. The summed E-state index contributed by atoms with van der Waals surface area (Å²) in [5.41, 5.74) is 6.86. The minimum atomic E-state index is 0.536. The number of halogens is 1. The maximum atomic E-state index is 5.71. The van der Waals surface area contributed by atoms with Gasteiger partial charge in [-0.3, -0.25) is 0 Å². The number of benzene rings is 1. The van der Waals surface area contributed by atoms with E-state index in [0.717, 1.165) is 23.2 Å². The molecular weight excluding hydrogens is 252 g/mol. The van der Waals surface area contributed by atoms with Crippen LogP contribution in [0.15, 0.2) is 28.7 Å². The predicted octanol–water partition coefficient (Wildman–Crippen LogP) is 3.09. The molecular formula is C12H19BrN2. The second kappa shape index (κ2) is 6.13. The van der Waals surface area contributed by atoms with Crippen molar-refractivity contribution in [3.05, 3.63) is 28.7 Å². The van der Waals surface area contributed by atoms with Gasteiger partial charge in [-0.05, 0) is 42.6 Å². The van der Waals surface area contributed by atoms with E-state index < -0.39 is 0 Å². The molecule has 0 bridgehead atoms. The molecule has 0 saturated carbocycles. The van der Waals surface area contributed by atoms with Crippen LogP contribution in [0.25, 0.3) is 0 Å². The number of anilines is 1. The normalized spacial score (nSPS) is 12.9. The summed E-state index contributed by atoms with van der Waals surface area (Å²) in [6, 6.07) is 8.21. The zero-order valence-corrected chi connectivity index (χ0v) is 10.9. The second-order valence-electron chi connectivity index (χ2n) is 4.13. The van der Waals surface area contributed by atoms with Crippen LogP contribution in [0.3, 0.4) is 0 Å². The number of hydrogen-bond acceptors (Lipinski definition) is 2. The zero-order valence-electron chi connectivity index (χ0n) is 9.33. The van der Waals surface area contributed by atoms with Crippen LogP contribution in [0.5, 0.6) is 0 Å². The summed E-state index contributed by atoms with van der Waals surface area (Å²) in [7, 11) is 0. The van der Waals surface area contributed by atoms with E-state index >= 15 is 0 Å². The van der Waals surface area contributed by atoms with Gasteiger partial charge in [-0.15, -0.1) is 0 Å². The first-order chi connectivity index (χ1) is 7.13. The average Bonchev–Trinajstić information content (AvgIpc) is 2.21. The van der Waals surface area contributed by atoms with Crippen molar-refractivity contribution >= 4 is 21.6 Å². The van der Waals surface area contributed by atoms with E-state index in [1.54, 1.807) is 0 Å². The molecule has 2 nitrogen and oxygen atoms in total. The van der Waals surface area contributed by atoms with Gasteiger partial charge in [0.05, 0.1) is 0 Å². The molecule has 1 aromatic carbocycles. The predicted molar refractivity (Wildman–Crippen MR) is 70.0 cm³/mol. The first-order valence-electron chi connectivity index (χ1n) is 5.33. The van der Waals surface area contributed by atoms with Crippen LogP contribution in [0.2, 0.25) is 0 Å². The van der Waals surface area contributed by atoms with Crippen LogP contribution in [0.4, 0.5) is 5.69 Å². The molecule has 0 heterocycles. The largest absolute Gasteiger partial charge is 0.385 e. The van der Waals surface area contributed by atoms with Crippen molar-refractivity contribution in [2.24, 2.45) is 17.6 Å². The van der Waals surface area contributed by atoms with Crippen LogP contribution in [0, 0.1) is 11.8 Å². The number of hydrogen-bond donors (Lipinski definition) is 2. The van der Waals surface area contributed by atoms with Crippen LogP contribution >= 0.6 is 15.9 Å². The molecule has 0 radical (unpaired) electrons. The Morgan fingerprint density at radius 1 is 1.27 bits per heavy atom. The van der Waals surface area contributed by atoms with Gasteiger partial charge >= 0.3 is 0 Å². The molecule has 0 saturated heterocycles. The van der Waals surface area contributed by atoms with Crippen molar-refractivity contribution in [1.29, 1.82) is 0 Å². The van der Waals surface area contributed by atoms with Gasteiger partial charge in [0.25, 0.3) is 0 Å². The van der Waals surface area contributed by atoms with Crippen LogP contribution in [-0.4, -0.2) is 13.1 Å². The molecule has 84 valence electrons. The molecule has 1 aromatic rings. The van der Waals surface area contributed by atoms with Gasteiger partial charge in [-0.25, -0.2) is 0 Å². The molecule has 3 heteroatoms. The highest BCUT2D eigenvalue weighted by atomic mass is 79.9. The average molecular weight is 271 g/mol. The number of rotatable bonds is 5. The number of nitrogens with two attached hydrogens (primary N) is 1. The van der Waals surface area contributed by atoms with Gasteiger partial charge in [-0.1, -0.05) is 29.8 Å². The van der Waals surface area contributed by atoms with Crippen LogP contribution in [0.1, 0.15) is 13.8 Å². The SMILES string of the molecule is CC(C)C(CN)CNc1ccc(Br)cc1. The molecule has 0 spiro atoms. The smallest absolute Gasteiger partial charge is 0.0341 e. The van der Waals surface area contributed by atoms with E-state index in [-0.39, 0.29) is 0 Å². The minimum Gasteiger partial charge on any atom is -0.385 e. The molecule has 0 amide bonds. The maximum absolute atomic E-state index is 5.71. The first-order valence-corrected chi connectivity index (χ1v) is 6.12. The Bertz CT molecular complexity index is 282. The lowest BCUT2D eigenvalue weighted by atomic mass is 9.96. The fraction of sp³-hybridized carbons (Fsp3) is 0.500. The standard InChI is InChI=1S/C12H19BrN2/c1-9(2)10(7-14)8-15-12-5-3-11(13)4-6-12/h3-6,9-10,15H,7-8,14H2,1-2H3. The van der Waals surface area contributed by atoms with Gasteiger partial charge in [-0.2, -0.15) is 0 Å². The quantitative estimate of drug-likeness (QED) is 0.863. The molecule has 3 N–H and O–H groups in total. The Morgan fingerprint density at radius 3 is 2.33 bits per heavy atom. The van der Waals surface area contributed by atoms with E-state index in [1.807, 2.05) is 12.1 Å². The highest BCUT2D eigenvalue weighted by molar-refractivity contribution is 9.10. The van der Waals surface area contributed by atoms with Gasteiger partial charge in [0.1, 0.15) is 0 Å². The van der Waals surface area contributed by atoms with E-state index in [2.05, 4.69) is 47.2 Å². The highest BCUT2D eigenvalue weighted by Crippen LogP contribution is 2.16. The van der Waals surface area contributed by atoms with E-state index in [0.29, 0.717) is 11.8 Å². The maximum Gasteiger partial charge on any atom is 0.0341 e. The van der Waals surface area contributed by atoms with Gasteiger partial charge in [0.2, 0.25) is 0 Å². The number of nitrogens with one attached hydrogen (secondary N) is 1. The molecule has 1 atom stereocenters. The molecule has 0 aliphatic rings. The van der Waals surface area contributed by atoms with Crippen molar-refractivity contribution in [2.45, 2.75) is 13.8 Å². The monoisotopic (exact) mass is 270 g/mol. The van der Waals surface area contributed by atoms with Gasteiger partial charge in [0.15, 0.2) is 0 Å². The Morgan fingerprint density at radius 2 is 1.87 bits per heavy atom. The molecule has 0 aliphatic carbocycles. The van der Waals surface area contributed by atoms with E-state index in [4.69, 9.17) is 5.73 Å². The Hall–Kier alpha value is -0.540. The fourth-order valence-electron chi connectivity index (χ4n) is 1.41. The molecule has 0 aliphatic heterocycles. The first kappa shape index (κ1) is 12.5. The van der Waals surface area contributed by atoms with Crippen molar-refractivity contribution in [1.82, 2.24) is 0 Å². The molecule has 1 rings (SSSR count). The third-order valence-corrected chi connectivity index (χ3v) is 3.19. The lowest BCUT2D eigenvalue weighted by Crippen LogP contribution is -2.27. The van der Waals surface area contributed by atoms with Crippen molar-refractivity contribution in [2.75, 3.05) is 18.4 Å². The molecule has 0 aromatic heterocycles. The Balaban J connectivity index is 2.45. The Labute approximate surface area is 100 Å². The van der Waals surface area contributed by atoms with Crippen molar-refractivity contribution in [3.63, 3.8) is 0 Å². The van der Waals surface area contributed by atoms with Crippen molar-refractivity contribution < 1.29 is 0 Å². The summed E-state index contributed by atoms with van der Waals surface area (Å²) in [6.45, 7) is 6.10. The third kappa shape index (κ3) is 4.22. The Kier molecular flexibility index (Phi) is 5.12. The summed E-state index contributed by atoms with van der Waals surface area (Å²) in [4.78, 5) is 0. The summed E-state index contributed by atoms with van der Waals surface area (Å²) in [5.74, 6) is 1.16. The minimum absolute atomic E-state index is 0.536. The zero-order chi connectivity index (χ0) is 11.3. The van der Waals surface area contributed by atoms with E-state index in [9.17, 15) is 0 Å². The lowest BCUT2D eigenvalue weighted by molar-refractivity contribution is 0.413. The van der Waals surface area contributed by atoms with Crippen LogP contribution < -0.4 is 11.1 Å².